The summed E-state index contributed by atoms with van der Waals surface area (Å²) in [6.45, 7) is 0. The van der Waals surface area contributed by atoms with Gasteiger partial charge in [0.1, 0.15) is 11.5 Å². The van der Waals surface area contributed by atoms with Crippen LogP contribution >= 0.6 is 0 Å². The van der Waals surface area contributed by atoms with Crippen LogP contribution in [0.4, 0.5) is 49.1 Å². The maximum absolute atomic E-state index is 15.7. The summed E-state index contributed by atoms with van der Waals surface area (Å²) in [5, 5.41) is 0. The van der Waals surface area contributed by atoms with Gasteiger partial charge in [-0.2, -0.15) is 26.3 Å². The van der Waals surface area contributed by atoms with Gasteiger partial charge in [-0.1, -0.05) is 12.1 Å². The van der Waals surface area contributed by atoms with Crippen LogP contribution in [-0.4, -0.2) is 59.6 Å². The van der Waals surface area contributed by atoms with E-state index in [1.54, 1.807) is 0 Å². The Hall–Kier alpha value is -8.42. The SMILES string of the molecule is O=C1C=CC(=O)N1c1ccc(Oc2ccc(C(c3ccc(Oc4ccc(N5C(=O)C=CC5=O)cc4)c(N4C(=O)C=CC4=O)c3)(C(F)(F)F)C(F)(F)F)cc2N2C(=O)C=CC2=O)cc1. The van der Waals surface area contributed by atoms with E-state index in [1.165, 1.54) is 48.5 Å². The number of carbonyl (C=O) groups excluding carboxylic acids is 8. The van der Waals surface area contributed by atoms with E-state index in [4.69, 9.17) is 9.47 Å². The second-order valence-corrected chi connectivity index (χ2v) is 13.7. The zero-order valence-electron chi connectivity index (χ0n) is 31.3. The van der Waals surface area contributed by atoms with Gasteiger partial charge in [-0.15, -0.1) is 0 Å². The van der Waals surface area contributed by atoms with Gasteiger partial charge in [0.05, 0.1) is 22.7 Å². The Labute approximate surface area is 348 Å². The molecule has 14 nitrogen and oxygen atoms in total. The van der Waals surface area contributed by atoms with Crippen molar-refractivity contribution in [3.8, 4) is 23.0 Å². The molecule has 316 valence electrons. The highest BCUT2D eigenvalue weighted by Gasteiger charge is 2.73. The number of halogens is 6. The molecule has 0 fully saturated rings. The van der Waals surface area contributed by atoms with E-state index in [2.05, 4.69) is 0 Å². The summed E-state index contributed by atoms with van der Waals surface area (Å²) in [6.07, 6.45) is -5.57. The maximum atomic E-state index is 15.7. The molecule has 4 aromatic carbocycles. The molecule has 0 saturated heterocycles. The largest absolute Gasteiger partial charge is 0.455 e. The lowest BCUT2D eigenvalue weighted by molar-refractivity contribution is -0.288. The molecule has 4 aromatic rings. The van der Waals surface area contributed by atoms with Crippen molar-refractivity contribution in [3.63, 3.8) is 0 Å². The first-order chi connectivity index (χ1) is 29.8. The molecule has 63 heavy (non-hydrogen) atoms. The predicted octanol–water partition coefficient (Wildman–Crippen LogP) is 6.40. The average Bonchev–Trinajstić information content (AvgIpc) is 3.96. The maximum Gasteiger partial charge on any atom is 0.411 e. The molecule has 4 heterocycles. The fourth-order valence-corrected chi connectivity index (χ4v) is 7.17. The lowest BCUT2D eigenvalue weighted by Gasteiger charge is -2.39. The molecule has 0 radical (unpaired) electrons. The first-order valence-electron chi connectivity index (χ1n) is 18.0. The van der Waals surface area contributed by atoms with Gasteiger partial charge in [0, 0.05) is 48.6 Å². The zero-order valence-corrected chi connectivity index (χ0v) is 31.3. The summed E-state index contributed by atoms with van der Waals surface area (Å²) >= 11 is 0. The topological polar surface area (TPSA) is 168 Å². The van der Waals surface area contributed by atoms with E-state index in [1.807, 2.05) is 0 Å². The van der Waals surface area contributed by atoms with Gasteiger partial charge in [0.25, 0.3) is 47.3 Å². The minimum absolute atomic E-state index is 0.0830. The van der Waals surface area contributed by atoms with Gasteiger partial charge in [-0.3, -0.25) is 38.4 Å². The van der Waals surface area contributed by atoms with Gasteiger partial charge in [0.2, 0.25) is 5.41 Å². The van der Waals surface area contributed by atoms with Gasteiger partial charge in [-0.25, -0.2) is 19.6 Å². The summed E-state index contributed by atoms with van der Waals surface area (Å²) in [4.78, 5) is 102. The van der Waals surface area contributed by atoms with Crippen molar-refractivity contribution in [2.75, 3.05) is 19.6 Å². The summed E-state index contributed by atoms with van der Waals surface area (Å²) < 4.78 is 106. The third kappa shape index (κ3) is 6.91. The number of benzene rings is 4. The van der Waals surface area contributed by atoms with Crippen molar-refractivity contribution < 1.29 is 74.2 Å². The van der Waals surface area contributed by atoms with Crippen LogP contribution in [0.15, 0.2) is 134 Å². The Morgan fingerprint density at radius 1 is 0.349 bits per heavy atom. The number of hydrogen-bond acceptors (Lipinski definition) is 10. The second kappa shape index (κ2) is 14.9. The van der Waals surface area contributed by atoms with Crippen molar-refractivity contribution in [1.29, 1.82) is 0 Å². The molecule has 20 heteroatoms. The molecule has 8 amide bonds. The molecule has 8 rings (SSSR count). The smallest absolute Gasteiger partial charge is 0.411 e. The third-order valence-corrected chi connectivity index (χ3v) is 10.00. The van der Waals surface area contributed by atoms with Crippen molar-refractivity contribution in [2.45, 2.75) is 17.8 Å². The van der Waals surface area contributed by atoms with Crippen LogP contribution < -0.4 is 29.1 Å². The van der Waals surface area contributed by atoms with Crippen LogP contribution in [0, 0.1) is 0 Å². The first kappa shape index (κ1) is 41.3. The molecular weight excluding hydrogens is 846 g/mol. The Kier molecular flexibility index (Phi) is 9.80. The average molecular weight is 869 g/mol. The molecule has 0 atom stereocenters. The van der Waals surface area contributed by atoms with Crippen LogP contribution in [-0.2, 0) is 43.8 Å². The van der Waals surface area contributed by atoms with Crippen LogP contribution in [0.3, 0.4) is 0 Å². The third-order valence-electron chi connectivity index (χ3n) is 10.00. The van der Waals surface area contributed by atoms with E-state index < -0.39 is 99.0 Å². The number of nitrogens with zero attached hydrogens (tertiary/aromatic N) is 4. The van der Waals surface area contributed by atoms with Gasteiger partial charge in [-0.05, 0) is 83.9 Å². The van der Waals surface area contributed by atoms with E-state index in [-0.39, 0.29) is 32.7 Å². The minimum atomic E-state index is -6.29. The van der Waals surface area contributed by atoms with E-state index in [0.29, 0.717) is 36.4 Å². The van der Waals surface area contributed by atoms with Crippen molar-refractivity contribution >= 4 is 70.0 Å². The molecule has 0 aliphatic carbocycles. The normalized spacial score (nSPS) is 16.6. The lowest BCUT2D eigenvalue weighted by atomic mass is 9.72. The molecule has 4 aliphatic heterocycles. The number of amides is 8. The fourth-order valence-electron chi connectivity index (χ4n) is 7.17. The van der Waals surface area contributed by atoms with Crippen molar-refractivity contribution in [1.82, 2.24) is 0 Å². The highest BCUT2D eigenvalue weighted by Crippen LogP contribution is 2.58. The number of ether oxygens (including phenoxy) is 2. The molecular formula is C43H22F6N4O10. The highest BCUT2D eigenvalue weighted by atomic mass is 19.4. The number of rotatable bonds is 10. The van der Waals surface area contributed by atoms with Gasteiger partial charge in [0.15, 0.2) is 11.5 Å². The number of alkyl halides is 6. The van der Waals surface area contributed by atoms with E-state index in [9.17, 15) is 38.4 Å². The number of anilines is 4. The van der Waals surface area contributed by atoms with E-state index in [0.717, 1.165) is 58.4 Å². The Morgan fingerprint density at radius 3 is 0.889 bits per heavy atom. The molecule has 0 unspecified atom stereocenters. The zero-order chi connectivity index (χ0) is 45.2. The summed E-state index contributed by atoms with van der Waals surface area (Å²) in [6, 6.07) is 12.6. The molecule has 0 bridgehead atoms. The highest BCUT2D eigenvalue weighted by molar-refractivity contribution is 6.30. The molecule has 0 spiro atoms. The second-order valence-electron chi connectivity index (χ2n) is 13.7. The lowest BCUT2D eigenvalue weighted by Crippen LogP contribution is -2.55. The quantitative estimate of drug-likeness (QED) is 0.129. The minimum Gasteiger partial charge on any atom is -0.455 e. The number of hydrogen-bond donors (Lipinski definition) is 0. The van der Waals surface area contributed by atoms with Crippen LogP contribution in [0.2, 0.25) is 0 Å². The molecule has 0 N–H and O–H groups in total. The summed E-state index contributed by atoms with van der Waals surface area (Å²) in [5.74, 6) is -8.68. The van der Waals surface area contributed by atoms with Gasteiger partial charge >= 0.3 is 12.4 Å². The Bertz CT molecular complexity index is 2580. The van der Waals surface area contributed by atoms with Crippen LogP contribution in [0.1, 0.15) is 11.1 Å². The number of carbonyl (C=O) groups is 8. The fraction of sp³-hybridized carbons (Fsp3) is 0.0698. The van der Waals surface area contributed by atoms with Crippen LogP contribution in [0.25, 0.3) is 0 Å². The van der Waals surface area contributed by atoms with Crippen molar-refractivity contribution in [2.24, 2.45) is 0 Å². The standard InChI is InChI=1S/C43H22F6N4O10/c44-42(45,46)41(43(47,48)49,23-1-11-31(29(21-23)52-37(58)17-18-38(52)59)62-27-7-3-25(4-8-27)50-33(54)13-14-34(50)55)24-2-12-32(30(22-24)53-39(60)19-20-40(53)61)63-28-9-5-26(6-10-28)51-35(56)15-16-36(51)57/h1-22H. The molecule has 4 aliphatic rings. The van der Waals surface area contributed by atoms with Crippen molar-refractivity contribution in [3.05, 3.63) is 145 Å². The first-order valence-corrected chi connectivity index (χ1v) is 18.0. The van der Waals surface area contributed by atoms with Gasteiger partial charge < -0.3 is 9.47 Å². The summed E-state index contributed by atoms with van der Waals surface area (Å²) in [5.41, 5.74) is -9.73. The van der Waals surface area contributed by atoms with Crippen LogP contribution in [0.5, 0.6) is 23.0 Å². The predicted molar refractivity (Wildman–Crippen MR) is 205 cm³/mol. The molecule has 0 aromatic heterocycles. The van der Waals surface area contributed by atoms with E-state index >= 15 is 26.3 Å². The summed E-state index contributed by atoms with van der Waals surface area (Å²) in [7, 11) is 0. The molecule has 0 saturated carbocycles. The number of imide groups is 4. The Balaban J connectivity index is 1.24. The monoisotopic (exact) mass is 868 g/mol. The Morgan fingerprint density at radius 2 is 0.619 bits per heavy atom.